The Labute approximate surface area is 155 Å². The summed E-state index contributed by atoms with van der Waals surface area (Å²) >= 11 is 0. The highest BCUT2D eigenvalue weighted by atomic mass is 16.7. The summed E-state index contributed by atoms with van der Waals surface area (Å²) in [6.45, 7) is 0.224. The third kappa shape index (κ3) is 3.77. The van der Waals surface area contributed by atoms with Crippen molar-refractivity contribution >= 4 is 23.0 Å². The summed E-state index contributed by atoms with van der Waals surface area (Å²) in [4.78, 5) is 16.6. The average molecular weight is 363 g/mol. The maximum atomic E-state index is 12.5. The number of carbonyl (C=O) groups is 1. The number of benzene rings is 2. The Morgan fingerprint density at radius 2 is 1.74 bits per heavy atom. The average Bonchev–Trinajstić information content (AvgIpc) is 3.16. The van der Waals surface area contributed by atoms with Gasteiger partial charge in [-0.2, -0.15) is 0 Å². The van der Waals surface area contributed by atoms with Gasteiger partial charge in [0, 0.05) is 23.6 Å². The molecule has 7 nitrogen and oxygen atoms in total. The predicted octanol–water partition coefficient (Wildman–Crippen LogP) is 3.81. The standard InChI is InChI=1S/C20H17N3O4/c1-25-17-5-2-14(3-6-17)23-20(24)13-8-16(11-21-10-13)22-15-4-7-18-19(9-15)27-12-26-18/h2-11,22H,12H2,1H3,(H,23,24). The fourth-order valence-electron chi connectivity index (χ4n) is 2.65. The first-order valence-corrected chi connectivity index (χ1v) is 8.28. The Morgan fingerprint density at radius 1 is 0.963 bits per heavy atom. The van der Waals surface area contributed by atoms with E-state index in [-0.39, 0.29) is 12.7 Å². The second-order valence-corrected chi connectivity index (χ2v) is 5.84. The molecule has 0 aliphatic carbocycles. The summed E-state index contributed by atoms with van der Waals surface area (Å²) in [5.74, 6) is 1.87. The molecule has 0 atom stereocenters. The van der Waals surface area contributed by atoms with Gasteiger partial charge in [-0.05, 0) is 42.5 Å². The van der Waals surface area contributed by atoms with Crippen LogP contribution in [0.5, 0.6) is 17.2 Å². The number of pyridine rings is 1. The van der Waals surface area contributed by atoms with Crippen molar-refractivity contribution in [1.29, 1.82) is 0 Å². The summed E-state index contributed by atoms with van der Waals surface area (Å²) in [7, 11) is 1.60. The van der Waals surface area contributed by atoms with Gasteiger partial charge in [-0.25, -0.2) is 0 Å². The Balaban J connectivity index is 1.47. The van der Waals surface area contributed by atoms with Crippen LogP contribution in [0.25, 0.3) is 0 Å². The molecular formula is C20H17N3O4. The Hall–Kier alpha value is -3.74. The van der Waals surface area contributed by atoms with Crippen LogP contribution >= 0.6 is 0 Å². The SMILES string of the molecule is COc1ccc(NC(=O)c2cncc(Nc3ccc4c(c3)OCO4)c2)cc1. The van der Waals surface area contributed by atoms with E-state index >= 15 is 0 Å². The molecule has 0 fully saturated rings. The lowest BCUT2D eigenvalue weighted by Crippen LogP contribution is -2.12. The summed E-state index contributed by atoms with van der Waals surface area (Å²) in [5, 5.41) is 6.05. The van der Waals surface area contributed by atoms with Gasteiger partial charge in [0.2, 0.25) is 6.79 Å². The van der Waals surface area contributed by atoms with Crippen LogP contribution in [0, 0.1) is 0 Å². The van der Waals surface area contributed by atoms with Crippen LogP contribution in [0.4, 0.5) is 17.1 Å². The second kappa shape index (κ2) is 7.25. The summed E-state index contributed by atoms with van der Waals surface area (Å²) in [6.07, 6.45) is 3.17. The van der Waals surface area contributed by atoms with Crippen molar-refractivity contribution in [3.8, 4) is 17.2 Å². The zero-order valence-corrected chi connectivity index (χ0v) is 14.6. The quantitative estimate of drug-likeness (QED) is 0.717. The molecule has 4 rings (SSSR count). The van der Waals surface area contributed by atoms with Gasteiger partial charge in [0.1, 0.15) is 5.75 Å². The maximum Gasteiger partial charge on any atom is 0.257 e. The molecule has 3 aromatic rings. The normalized spacial score (nSPS) is 11.7. The molecule has 0 saturated carbocycles. The molecule has 2 heterocycles. The Morgan fingerprint density at radius 3 is 2.56 bits per heavy atom. The summed E-state index contributed by atoms with van der Waals surface area (Å²) < 4.78 is 15.8. The number of methoxy groups -OCH3 is 1. The number of carbonyl (C=O) groups excluding carboxylic acids is 1. The van der Waals surface area contributed by atoms with Crippen molar-refractivity contribution < 1.29 is 19.0 Å². The molecule has 1 aliphatic rings. The number of aromatic nitrogens is 1. The summed E-state index contributed by atoms with van der Waals surface area (Å²) in [5.41, 5.74) is 2.62. The van der Waals surface area contributed by atoms with Crippen LogP contribution in [0.3, 0.4) is 0 Å². The van der Waals surface area contributed by atoms with E-state index in [4.69, 9.17) is 14.2 Å². The van der Waals surface area contributed by atoms with Gasteiger partial charge in [0.05, 0.1) is 24.6 Å². The number of hydrogen-bond donors (Lipinski definition) is 2. The topological polar surface area (TPSA) is 81.7 Å². The van der Waals surface area contributed by atoms with E-state index in [1.165, 1.54) is 6.20 Å². The molecule has 0 bridgehead atoms. The van der Waals surface area contributed by atoms with Gasteiger partial charge in [0.15, 0.2) is 11.5 Å². The summed E-state index contributed by atoms with van der Waals surface area (Å²) in [6, 6.07) is 14.4. The minimum Gasteiger partial charge on any atom is -0.497 e. The number of ether oxygens (including phenoxy) is 3. The highest BCUT2D eigenvalue weighted by Gasteiger charge is 2.14. The Bertz CT molecular complexity index is 973. The molecule has 136 valence electrons. The van der Waals surface area contributed by atoms with Crippen molar-refractivity contribution in [2.75, 3.05) is 24.5 Å². The van der Waals surface area contributed by atoms with Gasteiger partial charge in [0.25, 0.3) is 5.91 Å². The molecule has 27 heavy (non-hydrogen) atoms. The zero-order chi connectivity index (χ0) is 18.6. The van der Waals surface area contributed by atoms with Crippen molar-refractivity contribution in [3.63, 3.8) is 0 Å². The molecular weight excluding hydrogens is 346 g/mol. The molecule has 0 spiro atoms. The molecule has 1 amide bonds. The first-order valence-electron chi connectivity index (χ1n) is 8.28. The first-order chi connectivity index (χ1) is 13.2. The molecule has 7 heteroatoms. The lowest BCUT2D eigenvalue weighted by Gasteiger charge is -2.09. The molecule has 1 aliphatic heterocycles. The van der Waals surface area contributed by atoms with E-state index in [1.54, 1.807) is 43.6 Å². The van der Waals surface area contributed by atoms with Crippen LogP contribution in [0.1, 0.15) is 10.4 Å². The van der Waals surface area contributed by atoms with Crippen LogP contribution < -0.4 is 24.8 Å². The smallest absolute Gasteiger partial charge is 0.257 e. The monoisotopic (exact) mass is 363 g/mol. The van der Waals surface area contributed by atoms with Crippen LogP contribution in [-0.4, -0.2) is 24.8 Å². The van der Waals surface area contributed by atoms with Crippen molar-refractivity contribution in [3.05, 3.63) is 66.5 Å². The van der Waals surface area contributed by atoms with Crippen LogP contribution in [0.15, 0.2) is 60.9 Å². The fourth-order valence-corrected chi connectivity index (χ4v) is 2.65. The molecule has 0 radical (unpaired) electrons. The third-order valence-corrected chi connectivity index (χ3v) is 4.01. The van der Waals surface area contributed by atoms with Crippen molar-refractivity contribution in [1.82, 2.24) is 4.98 Å². The van der Waals surface area contributed by atoms with E-state index in [0.29, 0.717) is 28.4 Å². The zero-order valence-electron chi connectivity index (χ0n) is 14.6. The minimum atomic E-state index is -0.248. The van der Waals surface area contributed by atoms with E-state index in [1.807, 2.05) is 18.2 Å². The third-order valence-electron chi connectivity index (χ3n) is 4.01. The lowest BCUT2D eigenvalue weighted by atomic mass is 10.2. The van der Waals surface area contributed by atoms with Gasteiger partial charge < -0.3 is 24.8 Å². The number of anilines is 3. The van der Waals surface area contributed by atoms with Gasteiger partial charge in [-0.3, -0.25) is 9.78 Å². The number of rotatable bonds is 5. The van der Waals surface area contributed by atoms with Gasteiger partial charge in [-0.1, -0.05) is 0 Å². The van der Waals surface area contributed by atoms with E-state index in [9.17, 15) is 4.79 Å². The van der Waals surface area contributed by atoms with Crippen molar-refractivity contribution in [2.45, 2.75) is 0 Å². The van der Waals surface area contributed by atoms with E-state index in [0.717, 1.165) is 11.4 Å². The highest BCUT2D eigenvalue weighted by Crippen LogP contribution is 2.35. The van der Waals surface area contributed by atoms with E-state index in [2.05, 4.69) is 15.6 Å². The predicted molar refractivity (Wildman–Crippen MR) is 101 cm³/mol. The van der Waals surface area contributed by atoms with Crippen LogP contribution in [-0.2, 0) is 0 Å². The van der Waals surface area contributed by atoms with Crippen molar-refractivity contribution in [2.24, 2.45) is 0 Å². The molecule has 2 N–H and O–H groups in total. The number of amides is 1. The number of hydrogen-bond acceptors (Lipinski definition) is 6. The maximum absolute atomic E-state index is 12.5. The van der Waals surface area contributed by atoms with Gasteiger partial charge in [-0.15, -0.1) is 0 Å². The Kier molecular flexibility index (Phi) is 4.49. The first kappa shape index (κ1) is 16.7. The highest BCUT2D eigenvalue weighted by molar-refractivity contribution is 6.04. The second-order valence-electron chi connectivity index (χ2n) is 5.84. The van der Waals surface area contributed by atoms with E-state index < -0.39 is 0 Å². The van der Waals surface area contributed by atoms with Gasteiger partial charge >= 0.3 is 0 Å². The molecule has 0 saturated heterocycles. The van der Waals surface area contributed by atoms with Crippen LogP contribution in [0.2, 0.25) is 0 Å². The molecule has 2 aromatic carbocycles. The number of nitrogens with zero attached hydrogens (tertiary/aromatic N) is 1. The minimum absolute atomic E-state index is 0.224. The number of nitrogens with one attached hydrogen (secondary N) is 2. The fraction of sp³-hybridized carbons (Fsp3) is 0.100. The molecule has 1 aromatic heterocycles. The molecule has 0 unspecified atom stereocenters. The largest absolute Gasteiger partial charge is 0.497 e. The lowest BCUT2D eigenvalue weighted by molar-refractivity contribution is 0.102. The number of fused-ring (bicyclic) bond motifs is 1.